The lowest BCUT2D eigenvalue weighted by Gasteiger charge is -2.40. The van der Waals surface area contributed by atoms with Crippen molar-refractivity contribution in [3.63, 3.8) is 0 Å². The molecule has 3 aromatic rings. The summed E-state index contributed by atoms with van der Waals surface area (Å²) in [4.78, 5) is 29.2. The van der Waals surface area contributed by atoms with E-state index in [-0.39, 0.29) is 24.0 Å². The number of thiophene rings is 1. The SMILES string of the molecule is O=C1CC(c2ccccc2)N2C=Cc3ccccc3C2=C1C(=O)c1cccs1. The third-order valence-corrected chi connectivity index (χ3v) is 6.14. The normalized spacial score (nSPS) is 18.1. The van der Waals surface area contributed by atoms with Crippen molar-refractivity contribution in [2.24, 2.45) is 0 Å². The molecule has 0 spiro atoms. The predicted octanol–water partition coefficient (Wildman–Crippen LogP) is 5.34. The molecule has 0 saturated heterocycles. The van der Waals surface area contributed by atoms with Crippen LogP contribution < -0.4 is 0 Å². The number of nitrogens with zero attached hydrogens (tertiary/aromatic N) is 1. The van der Waals surface area contributed by atoms with Crippen LogP contribution in [-0.2, 0) is 4.79 Å². The maximum absolute atomic E-state index is 13.3. The Balaban J connectivity index is 1.74. The smallest absolute Gasteiger partial charge is 0.208 e. The lowest BCUT2D eigenvalue weighted by atomic mass is 9.84. The van der Waals surface area contributed by atoms with Gasteiger partial charge in [-0.3, -0.25) is 9.59 Å². The molecule has 2 aliphatic rings. The van der Waals surface area contributed by atoms with E-state index < -0.39 is 0 Å². The summed E-state index contributed by atoms with van der Waals surface area (Å²) >= 11 is 1.37. The number of fused-ring (bicyclic) bond motifs is 3. The molecule has 2 aliphatic heterocycles. The van der Waals surface area contributed by atoms with Crippen LogP contribution in [-0.4, -0.2) is 16.5 Å². The average molecular weight is 383 g/mol. The first-order valence-corrected chi connectivity index (χ1v) is 10.1. The van der Waals surface area contributed by atoms with Gasteiger partial charge in [0, 0.05) is 18.2 Å². The molecule has 0 radical (unpaired) electrons. The Morgan fingerprint density at radius 1 is 0.964 bits per heavy atom. The number of hydrogen-bond donors (Lipinski definition) is 0. The maximum Gasteiger partial charge on any atom is 0.208 e. The highest BCUT2D eigenvalue weighted by molar-refractivity contribution is 7.12. The highest BCUT2D eigenvalue weighted by Crippen LogP contribution is 2.44. The van der Waals surface area contributed by atoms with Crippen molar-refractivity contribution < 1.29 is 9.59 Å². The van der Waals surface area contributed by atoms with Gasteiger partial charge in [-0.2, -0.15) is 0 Å². The number of rotatable bonds is 3. The minimum Gasteiger partial charge on any atom is -0.339 e. The third-order valence-electron chi connectivity index (χ3n) is 5.28. The number of hydrogen-bond acceptors (Lipinski definition) is 4. The molecule has 3 nitrogen and oxygen atoms in total. The molecule has 1 unspecified atom stereocenters. The van der Waals surface area contributed by atoms with Crippen LogP contribution in [0.1, 0.15) is 38.8 Å². The molecule has 0 fully saturated rings. The molecule has 0 saturated carbocycles. The number of carbonyl (C=O) groups excluding carboxylic acids is 2. The van der Waals surface area contributed by atoms with Gasteiger partial charge in [0.2, 0.25) is 5.78 Å². The molecule has 0 amide bonds. The van der Waals surface area contributed by atoms with Gasteiger partial charge in [-0.1, -0.05) is 60.7 Å². The first-order valence-electron chi connectivity index (χ1n) is 9.20. The molecule has 0 bridgehead atoms. The van der Waals surface area contributed by atoms with Gasteiger partial charge in [0.15, 0.2) is 5.78 Å². The van der Waals surface area contributed by atoms with Gasteiger partial charge in [-0.25, -0.2) is 0 Å². The van der Waals surface area contributed by atoms with Crippen LogP contribution in [0.5, 0.6) is 0 Å². The van der Waals surface area contributed by atoms with Gasteiger partial charge >= 0.3 is 0 Å². The minimum absolute atomic E-state index is 0.0939. The summed E-state index contributed by atoms with van der Waals surface area (Å²) in [6, 6.07) is 21.4. The molecule has 136 valence electrons. The largest absolute Gasteiger partial charge is 0.339 e. The van der Waals surface area contributed by atoms with Crippen LogP contribution in [0.3, 0.4) is 0 Å². The summed E-state index contributed by atoms with van der Waals surface area (Å²) < 4.78 is 0. The average Bonchev–Trinajstić information content (AvgIpc) is 3.28. The number of carbonyl (C=O) groups is 2. The Labute approximate surface area is 167 Å². The van der Waals surface area contributed by atoms with Gasteiger partial charge in [-0.15, -0.1) is 11.3 Å². The molecule has 28 heavy (non-hydrogen) atoms. The fourth-order valence-corrected chi connectivity index (χ4v) is 4.65. The van der Waals surface area contributed by atoms with E-state index in [9.17, 15) is 9.59 Å². The molecule has 0 aliphatic carbocycles. The summed E-state index contributed by atoms with van der Waals surface area (Å²) in [5.74, 6) is -0.278. The van der Waals surface area contributed by atoms with Gasteiger partial charge in [0.25, 0.3) is 0 Å². The van der Waals surface area contributed by atoms with Gasteiger partial charge in [0.05, 0.1) is 22.2 Å². The lowest BCUT2D eigenvalue weighted by Crippen LogP contribution is -2.35. The number of Topliss-reactive ketones (excluding diaryl/α,β-unsaturated/α-hetero) is 2. The van der Waals surface area contributed by atoms with E-state index in [1.54, 1.807) is 6.07 Å². The zero-order chi connectivity index (χ0) is 19.1. The van der Waals surface area contributed by atoms with Crippen molar-refractivity contribution in [2.75, 3.05) is 0 Å². The van der Waals surface area contributed by atoms with Gasteiger partial charge in [-0.05, 0) is 28.6 Å². The first-order chi connectivity index (χ1) is 13.7. The second-order valence-corrected chi connectivity index (χ2v) is 7.84. The Kier molecular flexibility index (Phi) is 4.06. The summed E-state index contributed by atoms with van der Waals surface area (Å²) in [6.45, 7) is 0. The quantitative estimate of drug-likeness (QED) is 0.452. The zero-order valence-corrected chi connectivity index (χ0v) is 15.9. The van der Waals surface area contributed by atoms with E-state index >= 15 is 0 Å². The summed E-state index contributed by atoms with van der Waals surface area (Å²) in [5.41, 5.74) is 4.04. The number of benzene rings is 2. The number of ketones is 2. The van der Waals surface area contributed by atoms with Crippen LogP contribution in [0.25, 0.3) is 11.8 Å². The van der Waals surface area contributed by atoms with E-state index in [2.05, 4.69) is 11.0 Å². The molecule has 2 aromatic carbocycles. The van der Waals surface area contributed by atoms with Crippen LogP contribution >= 0.6 is 11.3 Å². The first kappa shape index (κ1) is 16.9. The maximum atomic E-state index is 13.3. The highest BCUT2D eigenvalue weighted by atomic mass is 32.1. The molecule has 5 rings (SSSR count). The van der Waals surface area contributed by atoms with E-state index in [1.165, 1.54) is 11.3 Å². The molecule has 1 atom stereocenters. The molecular weight excluding hydrogens is 366 g/mol. The third kappa shape index (κ3) is 2.65. The standard InChI is InChI=1S/C24H17NO2S/c26-20-15-19(17-8-2-1-3-9-17)25-13-12-16-7-4-5-10-18(16)23(25)22(20)24(27)21-11-6-14-28-21/h1-14,19H,15H2. The second kappa shape index (κ2) is 6.73. The molecule has 3 heterocycles. The van der Waals surface area contributed by atoms with Crippen molar-refractivity contribution >= 4 is 34.7 Å². The second-order valence-electron chi connectivity index (χ2n) is 6.89. The Bertz CT molecular complexity index is 1130. The van der Waals surface area contributed by atoms with Crippen LogP contribution in [0.2, 0.25) is 0 Å². The van der Waals surface area contributed by atoms with Crippen LogP contribution in [0.4, 0.5) is 0 Å². The van der Waals surface area contributed by atoms with Gasteiger partial charge in [0.1, 0.15) is 0 Å². The lowest BCUT2D eigenvalue weighted by molar-refractivity contribution is -0.116. The van der Waals surface area contributed by atoms with Gasteiger partial charge < -0.3 is 4.90 Å². The monoisotopic (exact) mass is 383 g/mol. The minimum atomic E-state index is -0.184. The zero-order valence-electron chi connectivity index (χ0n) is 15.0. The van der Waals surface area contributed by atoms with Crippen molar-refractivity contribution in [2.45, 2.75) is 12.5 Å². The number of allylic oxidation sites excluding steroid dienone is 1. The van der Waals surface area contributed by atoms with E-state index in [4.69, 9.17) is 0 Å². The Morgan fingerprint density at radius 2 is 1.75 bits per heavy atom. The summed E-state index contributed by atoms with van der Waals surface area (Å²) in [5, 5.41) is 1.87. The summed E-state index contributed by atoms with van der Waals surface area (Å²) in [7, 11) is 0. The predicted molar refractivity (Wildman–Crippen MR) is 112 cm³/mol. The van der Waals surface area contributed by atoms with E-state index in [1.807, 2.05) is 72.2 Å². The van der Waals surface area contributed by atoms with Crippen molar-refractivity contribution in [1.29, 1.82) is 0 Å². The molecule has 1 aromatic heterocycles. The fraction of sp³-hybridized carbons (Fsp3) is 0.0833. The fourth-order valence-electron chi connectivity index (χ4n) is 3.98. The Morgan fingerprint density at radius 3 is 2.54 bits per heavy atom. The molecule has 4 heteroatoms. The van der Waals surface area contributed by atoms with Crippen molar-refractivity contribution in [1.82, 2.24) is 4.90 Å². The van der Waals surface area contributed by atoms with Crippen molar-refractivity contribution in [3.8, 4) is 0 Å². The molecular formula is C24H17NO2S. The van der Waals surface area contributed by atoms with Crippen LogP contribution in [0.15, 0.2) is 83.9 Å². The van der Waals surface area contributed by atoms with Crippen LogP contribution in [0, 0.1) is 0 Å². The van der Waals surface area contributed by atoms with Crippen molar-refractivity contribution in [3.05, 3.63) is 105 Å². The summed E-state index contributed by atoms with van der Waals surface area (Å²) in [6.07, 6.45) is 4.34. The highest BCUT2D eigenvalue weighted by Gasteiger charge is 2.39. The van der Waals surface area contributed by atoms with E-state index in [0.29, 0.717) is 10.5 Å². The molecule has 0 N–H and O–H groups in total. The topological polar surface area (TPSA) is 37.4 Å². The van der Waals surface area contributed by atoms with E-state index in [0.717, 1.165) is 22.4 Å². The Hall–Kier alpha value is -3.24.